The van der Waals surface area contributed by atoms with Gasteiger partial charge >= 0.3 is 0 Å². The van der Waals surface area contributed by atoms with Gasteiger partial charge in [-0.05, 0) is 12.5 Å². The van der Waals surface area contributed by atoms with Crippen molar-refractivity contribution in [1.29, 1.82) is 0 Å². The minimum absolute atomic E-state index is 0.0357. The minimum atomic E-state index is -0.458. The van der Waals surface area contributed by atoms with Gasteiger partial charge in [0, 0.05) is 17.7 Å². The van der Waals surface area contributed by atoms with E-state index in [1.54, 1.807) is 6.07 Å². The molecule has 3 heteroatoms. The molecule has 0 saturated heterocycles. The second-order valence-corrected chi connectivity index (χ2v) is 2.40. The Morgan fingerprint density at radius 2 is 2.25 bits per heavy atom. The van der Waals surface area contributed by atoms with E-state index in [1.165, 1.54) is 12.1 Å². The van der Waals surface area contributed by atoms with Crippen LogP contribution in [0.15, 0.2) is 18.2 Å². The fourth-order valence-electron chi connectivity index (χ4n) is 0.879. The van der Waals surface area contributed by atoms with Gasteiger partial charge in [-0.2, -0.15) is 0 Å². The van der Waals surface area contributed by atoms with Gasteiger partial charge in [0.15, 0.2) is 0 Å². The Balaban J connectivity index is 3.25. The minimum Gasteiger partial charge on any atom is -0.258 e. The lowest BCUT2D eigenvalue weighted by Gasteiger charge is -1.96. The van der Waals surface area contributed by atoms with Gasteiger partial charge in [-0.3, -0.25) is 10.1 Å². The predicted molar refractivity (Wildman–Crippen MR) is 45.8 cm³/mol. The number of benzene rings is 1. The number of nitro groups is 1. The number of rotatable bonds is 1. The zero-order chi connectivity index (χ0) is 9.14. The Morgan fingerprint density at radius 3 is 2.75 bits per heavy atom. The maximum absolute atomic E-state index is 10.3. The van der Waals surface area contributed by atoms with Crippen LogP contribution in [0.3, 0.4) is 0 Å². The Bertz CT molecular complexity index is 363. The number of nitrogens with zero attached hydrogens (tertiary/aromatic N) is 1. The third-order valence-electron chi connectivity index (χ3n) is 1.59. The van der Waals surface area contributed by atoms with E-state index in [4.69, 9.17) is 6.42 Å². The Kier molecular flexibility index (Phi) is 2.11. The molecule has 0 heterocycles. The molecule has 1 aromatic carbocycles. The second-order valence-electron chi connectivity index (χ2n) is 2.40. The molecule has 0 atom stereocenters. The van der Waals surface area contributed by atoms with Crippen LogP contribution in [0.2, 0.25) is 0 Å². The van der Waals surface area contributed by atoms with E-state index in [-0.39, 0.29) is 5.69 Å². The van der Waals surface area contributed by atoms with Crippen LogP contribution >= 0.6 is 0 Å². The number of aryl methyl sites for hydroxylation is 1. The van der Waals surface area contributed by atoms with Crippen molar-refractivity contribution in [2.45, 2.75) is 6.92 Å². The van der Waals surface area contributed by atoms with Gasteiger partial charge < -0.3 is 0 Å². The quantitative estimate of drug-likeness (QED) is 0.358. The number of hydrogen-bond donors (Lipinski definition) is 0. The van der Waals surface area contributed by atoms with Crippen molar-refractivity contribution >= 4 is 5.69 Å². The number of non-ortho nitro benzene ring substituents is 1. The first-order valence-corrected chi connectivity index (χ1v) is 3.37. The monoisotopic (exact) mass is 161 g/mol. The molecule has 12 heavy (non-hydrogen) atoms. The topological polar surface area (TPSA) is 43.1 Å². The second kappa shape index (κ2) is 3.05. The summed E-state index contributed by atoms with van der Waals surface area (Å²) in [5, 5.41) is 10.3. The number of terminal acetylenes is 1. The lowest BCUT2D eigenvalue weighted by atomic mass is 10.1. The molecular formula is C9H7NO2. The van der Waals surface area contributed by atoms with Crippen molar-refractivity contribution in [2.75, 3.05) is 0 Å². The summed E-state index contributed by atoms with van der Waals surface area (Å²) in [5.41, 5.74) is 1.49. The smallest absolute Gasteiger partial charge is 0.258 e. The van der Waals surface area contributed by atoms with Crippen molar-refractivity contribution in [1.82, 2.24) is 0 Å². The van der Waals surface area contributed by atoms with E-state index < -0.39 is 4.92 Å². The molecule has 0 saturated carbocycles. The van der Waals surface area contributed by atoms with Crippen LogP contribution in [-0.2, 0) is 0 Å². The van der Waals surface area contributed by atoms with Gasteiger partial charge in [-0.25, -0.2) is 0 Å². The first-order chi connectivity index (χ1) is 5.65. The summed E-state index contributed by atoms with van der Waals surface area (Å²) in [6.07, 6.45) is 5.15. The van der Waals surface area contributed by atoms with Gasteiger partial charge in [0.25, 0.3) is 5.69 Å². The molecule has 0 N–H and O–H groups in total. The van der Waals surface area contributed by atoms with Crippen molar-refractivity contribution in [3.8, 4) is 12.3 Å². The maximum Gasteiger partial charge on any atom is 0.270 e. The lowest BCUT2D eigenvalue weighted by molar-refractivity contribution is -0.384. The zero-order valence-corrected chi connectivity index (χ0v) is 6.57. The third-order valence-corrected chi connectivity index (χ3v) is 1.59. The van der Waals surface area contributed by atoms with Gasteiger partial charge in [-0.15, -0.1) is 6.42 Å². The van der Waals surface area contributed by atoms with Crippen LogP contribution < -0.4 is 0 Å². The summed E-state index contributed by atoms with van der Waals surface area (Å²) >= 11 is 0. The van der Waals surface area contributed by atoms with Crippen LogP contribution in [0.1, 0.15) is 11.1 Å². The molecule has 0 aromatic heterocycles. The van der Waals surface area contributed by atoms with Crippen LogP contribution in [0.4, 0.5) is 5.69 Å². The Labute approximate surface area is 70.2 Å². The molecule has 0 aliphatic heterocycles. The maximum atomic E-state index is 10.3. The predicted octanol–water partition coefficient (Wildman–Crippen LogP) is 1.88. The van der Waals surface area contributed by atoms with Crippen LogP contribution in [0.5, 0.6) is 0 Å². The molecule has 0 radical (unpaired) electrons. The summed E-state index contributed by atoms with van der Waals surface area (Å²) in [5.74, 6) is 2.39. The molecule has 60 valence electrons. The highest BCUT2D eigenvalue weighted by atomic mass is 16.6. The van der Waals surface area contributed by atoms with Crippen LogP contribution in [0.25, 0.3) is 0 Å². The first-order valence-electron chi connectivity index (χ1n) is 3.37. The molecular weight excluding hydrogens is 154 g/mol. The largest absolute Gasteiger partial charge is 0.270 e. The van der Waals surface area contributed by atoms with Gasteiger partial charge in [0.1, 0.15) is 0 Å². The Morgan fingerprint density at radius 1 is 1.58 bits per heavy atom. The third kappa shape index (κ3) is 1.43. The van der Waals surface area contributed by atoms with E-state index in [0.717, 1.165) is 5.56 Å². The fraction of sp³-hybridized carbons (Fsp3) is 0.111. The van der Waals surface area contributed by atoms with E-state index in [9.17, 15) is 10.1 Å². The lowest BCUT2D eigenvalue weighted by Crippen LogP contribution is -1.90. The number of hydrogen-bond acceptors (Lipinski definition) is 2. The summed E-state index contributed by atoms with van der Waals surface area (Å²) in [6, 6.07) is 4.48. The summed E-state index contributed by atoms with van der Waals surface area (Å²) in [6.45, 7) is 1.82. The standard InChI is InChI=1S/C9H7NO2/c1-3-8-6-9(10(11)12)5-4-7(8)2/h1,4-6H,2H3. The van der Waals surface area contributed by atoms with E-state index >= 15 is 0 Å². The van der Waals surface area contributed by atoms with Gasteiger partial charge in [-0.1, -0.05) is 12.0 Å². The highest BCUT2D eigenvalue weighted by molar-refractivity contribution is 5.46. The average molecular weight is 161 g/mol. The molecule has 0 unspecified atom stereocenters. The molecule has 0 amide bonds. The fourth-order valence-corrected chi connectivity index (χ4v) is 0.879. The summed E-state index contributed by atoms with van der Waals surface area (Å²) in [4.78, 5) is 9.86. The molecule has 1 rings (SSSR count). The summed E-state index contributed by atoms with van der Waals surface area (Å²) in [7, 11) is 0. The molecule has 1 aromatic rings. The van der Waals surface area contributed by atoms with Crippen molar-refractivity contribution in [2.24, 2.45) is 0 Å². The van der Waals surface area contributed by atoms with Crippen molar-refractivity contribution < 1.29 is 4.92 Å². The molecule has 0 aliphatic carbocycles. The highest BCUT2D eigenvalue weighted by Gasteiger charge is 2.06. The van der Waals surface area contributed by atoms with Crippen molar-refractivity contribution in [3.63, 3.8) is 0 Å². The SMILES string of the molecule is C#Cc1cc([N+](=O)[O-])ccc1C. The summed E-state index contributed by atoms with van der Waals surface area (Å²) < 4.78 is 0. The van der Waals surface area contributed by atoms with Gasteiger partial charge in [0.05, 0.1) is 4.92 Å². The first kappa shape index (κ1) is 8.28. The van der Waals surface area contributed by atoms with E-state index in [0.29, 0.717) is 5.56 Å². The van der Waals surface area contributed by atoms with E-state index in [2.05, 4.69) is 5.92 Å². The van der Waals surface area contributed by atoms with Gasteiger partial charge in [0.2, 0.25) is 0 Å². The van der Waals surface area contributed by atoms with Crippen LogP contribution in [-0.4, -0.2) is 4.92 Å². The molecule has 0 spiro atoms. The molecule has 0 bridgehead atoms. The number of nitro benzene ring substituents is 1. The van der Waals surface area contributed by atoms with E-state index in [1.807, 2.05) is 6.92 Å². The zero-order valence-electron chi connectivity index (χ0n) is 6.57. The van der Waals surface area contributed by atoms with Crippen molar-refractivity contribution in [3.05, 3.63) is 39.4 Å². The Hall–Kier alpha value is -1.82. The average Bonchev–Trinajstić information content (AvgIpc) is 2.05. The normalized spacial score (nSPS) is 9.00. The molecule has 3 nitrogen and oxygen atoms in total. The van der Waals surface area contributed by atoms with Crippen LogP contribution in [0, 0.1) is 29.4 Å². The highest BCUT2D eigenvalue weighted by Crippen LogP contribution is 2.15. The molecule has 0 aliphatic rings. The molecule has 0 fully saturated rings.